The smallest absolute Gasteiger partial charge is 0.248 e. The molecule has 1 amide bonds. The van der Waals surface area contributed by atoms with Gasteiger partial charge < -0.3 is 11.1 Å². The second kappa shape index (κ2) is 5.64. The standard InChI is InChI=1S/C14H13F2N3O/c1-8(12-5-3-10(15)7-18-12)19-13-6-9(14(17)20)2-4-11(13)16/h2-8,19H,1H3,(H2,17,20). The number of rotatable bonds is 4. The van der Waals surface area contributed by atoms with Crippen LogP contribution in [0.1, 0.15) is 29.0 Å². The van der Waals surface area contributed by atoms with Crippen LogP contribution in [-0.2, 0) is 0 Å². The van der Waals surface area contributed by atoms with Crippen LogP contribution in [-0.4, -0.2) is 10.9 Å². The molecule has 1 heterocycles. The van der Waals surface area contributed by atoms with E-state index in [1.54, 1.807) is 6.92 Å². The first kappa shape index (κ1) is 13.9. The summed E-state index contributed by atoms with van der Waals surface area (Å²) in [5, 5.41) is 2.87. The van der Waals surface area contributed by atoms with Gasteiger partial charge in [0.1, 0.15) is 11.6 Å². The number of hydrogen-bond donors (Lipinski definition) is 2. The van der Waals surface area contributed by atoms with Crippen LogP contribution in [0.2, 0.25) is 0 Å². The number of anilines is 1. The van der Waals surface area contributed by atoms with Gasteiger partial charge >= 0.3 is 0 Å². The van der Waals surface area contributed by atoms with Gasteiger partial charge in [-0.15, -0.1) is 0 Å². The molecular formula is C14H13F2N3O. The number of pyridine rings is 1. The number of primary amides is 1. The molecule has 1 atom stereocenters. The molecule has 0 bridgehead atoms. The number of benzene rings is 1. The summed E-state index contributed by atoms with van der Waals surface area (Å²) in [5.41, 5.74) is 6.04. The van der Waals surface area contributed by atoms with Gasteiger partial charge in [-0.2, -0.15) is 0 Å². The fourth-order valence-corrected chi connectivity index (χ4v) is 1.74. The van der Waals surface area contributed by atoms with E-state index in [0.29, 0.717) is 5.69 Å². The molecule has 0 saturated heterocycles. The number of nitrogens with two attached hydrogens (primary N) is 1. The van der Waals surface area contributed by atoms with Crippen molar-refractivity contribution in [3.8, 4) is 0 Å². The zero-order valence-electron chi connectivity index (χ0n) is 10.7. The van der Waals surface area contributed by atoms with Crippen LogP contribution in [0.4, 0.5) is 14.5 Å². The largest absolute Gasteiger partial charge is 0.375 e. The Labute approximate surface area is 114 Å². The highest BCUT2D eigenvalue weighted by Crippen LogP contribution is 2.22. The van der Waals surface area contributed by atoms with Crippen LogP contribution >= 0.6 is 0 Å². The molecule has 4 nitrogen and oxygen atoms in total. The minimum atomic E-state index is -0.638. The van der Waals surface area contributed by atoms with Gasteiger partial charge in [-0.1, -0.05) is 0 Å². The lowest BCUT2D eigenvalue weighted by Gasteiger charge is -2.15. The molecule has 6 heteroatoms. The Morgan fingerprint density at radius 1 is 1.30 bits per heavy atom. The molecule has 0 saturated carbocycles. The van der Waals surface area contributed by atoms with Crippen molar-refractivity contribution in [2.24, 2.45) is 5.73 Å². The highest BCUT2D eigenvalue weighted by Gasteiger charge is 2.12. The van der Waals surface area contributed by atoms with Gasteiger partial charge in [0.05, 0.1) is 23.6 Å². The maximum Gasteiger partial charge on any atom is 0.248 e. The molecule has 0 fully saturated rings. The number of hydrogen-bond acceptors (Lipinski definition) is 3. The van der Waals surface area contributed by atoms with Gasteiger partial charge in [-0.25, -0.2) is 8.78 Å². The van der Waals surface area contributed by atoms with Crippen LogP contribution in [0.3, 0.4) is 0 Å². The summed E-state index contributed by atoms with van der Waals surface area (Å²) >= 11 is 0. The van der Waals surface area contributed by atoms with Crippen molar-refractivity contribution in [2.75, 3.05) is 5.32 Å². The highest BCUT2D eigenvalue weighted by molar-refractivity contribution is 5.93. The lowest BCUT2D eigenvalue weighted by molar-refractivity contribution is 0.100. The summed E-state index contributed by atoms with van der Waals surface area (Å²) in [7, 11) is 0. The van der Waals surface area contributed by atoms with E-state index >= 15 is 0 Å². The summed E-state index contributed by atoms with van der Waals surface area (Å²) in [6, 6.07) is 6.22. The maximum atomic E-state index is 13.7. The number of nitrogens with one attached hydrogen (secondary N) is 1. The molecule has 2 aromatic rings. The molecule has 2 rings (SSSR count). The Bertz CT molecular complexity index is 629. The molecule has 20 heavy (non-hydrogen) atoms. The van der Waals surface area contributed by atoms with Crippen molar-refractivity contribution in [1.82, 2.24) is 4.98 Å². The first-order valence-electron chi connectivity index (χ1n) is 5.94. The second-order valence-corrected chi connectivity index (χ2v) is 4.33. The predicted molar refractivity (Wildman–Crippen MR) is 71.2 cm³/mol. The summed E-state index contributed by atoms with van der Waals surface area (Å²) in [4.78, 5) is 15.0. The number of halogens is 2. The number of carbonyl (C=O) groups is 1. The van der Waals surface area contributed by atoms with E-state index in [0.717, 1.165) is 12.3 Å². The van der Waals surface area contributed by atoms with E-state index in [1.807, 2.05) is 0 Å². The van der Waals surface area contributed by atoms with Crippen molar-refractivity contribution in [3.63, 3.8) is 0 Å². The highest BCUT2D eigenvalue weighted by atomic mass is 19.1. The molecule has 3 N–H and O–H groups in total. The van der Waals surface area contributed by atoms with E-state index < -0.39 is 17.5 Å². The molecule has 1 aromatic heterocycles. The third-order valence-corrected chi connectivity index (χ3v) is 2.82. The Balaban J connectivity index is 2.22. The molecule has 0 aliphatic carbocycles. The van der Waals surface area contributed by atoms with Gasteiger partial charge in [0.2, 0.25) is 5.91 Å². The normalized spacial score (nSPS) is 11.9. The van der Waals surface area contributed by atoms with Gasteiger partial charge in [-0.3, -0.25) is 9.78 Å². The number of carbonyl (C=O) groups excluding carboxylic acids is 1. The van der Waals surface area contributed by atoms with Gasteiger partial charge in [0.15, 0.2) is 0 Å². The molecule has 0 aliphatic rings. The van der Waals surface area contributed by atoms with Gasteiger partial charge in [0, 0.05) is 5.56 Å². The van der Waals surface area contributed by atoms with Crippen LogP contribution in [0.5, 0.6) is 0 Å². The molecular weight excluding hydrogens is 264 g/mol. The van der Waals surface area contributed by atoms with Crippen molar-refractivity contribution < 1.29 is 13.6 Å². The first-order chi connectivity index (χ1) is 9.47. The third-order valence-electron chi connectivity index (χ3n) is 2.82. The molecule has 1 unspecified atom stereocenters. The van der Waals surface area contributed by atoms with Crippen molar-refractivity contribution >= 4 is 11.6 Å². The van der Waals surface area contributed by atoms with E-state index in [-0.39, 0.29) is 17.3 Å². The zero-order chi connectivity index (χ0) is 14.7. The molecule has 104 valence electrons. The lowest BCUT2D eigenvalue weighted by Crippen LogP contribution is -2.13. The van der Waals surface area contributed by atoms with Crippen LogP contribution in [0.25, 0.3) is 0 Å². The minimum absolute atomic E-state index is 0.139. The topological polar surface area (TPSA) is 68.0 Å². The molecule has 1 aromatic carbocycles. The zero-order valence-corrected chi connectivity index (χ0v) is 10.7. The average molecular weight is 277 g/mol. The third kappa shape index (κ3) is 3.09. The summed E-state index contributed by atoms with van der Waals surface area (Å²) in [6.45, 7) is 1.75. The quantitative estimate of drug-likeness (QED) is 0.902. The van der Waals surface area contributed by atoms with Gasteiger partial charge in [-0.05, 0) is 37.3 Å². The summed E-state index contributed by atoms with van der Waals surface area (Å²) < 4.78 is 26.5. The number of aromatic nitrogens is 1. The SMILES string of the molecule is CC(Nc1cc(C(N)=O)ccc1F)c1ccc(F)cn1. The molecule has 0 aliphatic heterocycles. The summed E-state index contributed by atoms with van der Waals surface area (Å²) in [5.74, 6) is -1.59. The Hall–Kier alpha value is -2.50. The average Bonchev–Trinajstić information content (AvgIpc) is 2.41. The van der Waals surface area contributed by atoms with Crippen molar-refractivity contribution in [2.45, 2.75) is 13.0 Å². The Kier molecular flexibility index (Phi) is 3.93. The maximum absolute atomic E-state index is 13.7. The minimum Gasteiger partial charge on any atom is -0.375 e. The van der Waals surface area contributed by atoms with Crippen LogP contribution in [0, 0.1) is 11.6 Å². The van der Waals surface area contributed by atoms with Crippen molar-refractivity contribution in [3.05, 3.63) is 59.4 Å². The van der Waals surface area contributed by atoms with Crippen LogP contribution in [0.15, 0.2) is 36.5 Å². The van der Waals surface area contributed by atoms with E-state index in [4.69, 9.17) is 5.73 Å². The Morgan fingerprint density at radius 2 is 2.05 bits per heavy atom. The van der Waals surface area contributed by atoms with E-state index in [9.17, 15) is 13.6 Å². The predicted octanol–water partition coefficient (Wildman–Crippen LogP) is 2.63. The molecule has 0 spiro atoms. The number of amides is 1. The molecule has 0 radical (unpaired) electrons. The summed E-state index contributed by atoms with van der Waals surface area (Å²) in [6.07, 6.45) is 1.09. The fourth-order valence-electron chi connectivity index (χ4n) is 1.74. The Morgan fingerprint density at radius 3 is 2.65 bits per heavy atom. The van der Waals surface area contributed by atoms with Crippen LogP contribution < -0.4 is 11.1 Å². The second-order valence-electron chi connectivity index (χ2n) is 4.33. The first-order valence-corrected chi connectivity index (χ1v) is 5.94. The van der Waals surface area contributed by atoms with E-state index in [2.05, 4.69) is 10.3 Å². The fraction of sp³-hybridized carbons (Fsp3) is 0.143. The monoisotopic (exact) mass is 277 g/mol. The lowest BCUT2D eigenvalue weighted by atomic mass is 10.1. The van der Waals surface area contributed by atoms with E-state index in [1.165, 1.54) is 24.3 Å². The van der Waals surface area contributed by atoms with Gasteiger partial charge in [0.25, 0.3) is 0 Å². The van der Waals surface area contributed by atoms with Crippen molar-refractivity contribution in [1.29, 1.82) is 0 Å². The number of nitrogens with zero attached hydrogens (tertiary/aromatic N) is 1.